The first-order valence-electron chi connectivity index (χ1n) is 16.8. The molecule has 0 fully saturated rings. The Labute approximate surface area is 332 Å². The van der Waals surface area contributed by atoms with Crippen molar-refractivity contribution in [2.75, 3.05) is 27.9 Å². The van der Waals surface area contributed by atoms with Crippen molar-refractivity contribution in [3.8, 4) is 0 Å². The van der Waals surface area contributed by atoms with Crippen LogP contribution in [0.2, 0.25) is 10.0 Å². The van der Waals surface area contributed by atoms with Crippen molar-refractivity contribution in [3.63, 3.8) is 0 Å². The number of nitrogens with zero attached hydrogens (tertiary/aromatic N) is 3. The van der Waals surface area contributed by atoms with E-state index >= 15 is 0 Å². The van der Waals surface area contributed by atoms with Gasteiger partial charge >= 0.3 is 0 Å². The van der Waals surface area contributed by atoms with Crippen LogP contribution in [0.4, 0.5) is 17.1 Å². The van der Waals surface area contributed by atoms with Crippen LogP contribution in [0.5, 0.6) is 0 Å². The largest absolute Gasteiger partial charge is 0.334 e. The van der Waals surface area contributed by atoms with Gasteiger partial charge < -0.3 is 9.80 Å². The Balaban J connectivity index is 1.36. The van der Waals surface area contributed by atoms with E-state index in [1.165, 1.54) is 23.1 Å². The Morgan fingerprint density at radius 3 is 2.09 bits per heavy atom. The van der Waals surface area contributed by atoms with Crippen molar-refractivity contribution in [2.45, 2.75) is 24.3 Å². The number of thiazole rings is 1. The van der Waals surface area contributed by atoms with Crippen LogP contribution in [-0.2, 0) is 26.8 Å². The van der Waals surface area contributed by atoms with Crippen molar-refractivity contribution in [2.24, 2.45) is 0 Å². The number of rotatable bonds is 12. The molecule has 1 aliphatic carbocycles. The Hall–Kier alpha value is -3.92. The molecule has 0 unspecified atom stereocenters. The van der Waals surface area contributed by atoms with Crippen LogP contribution in [0.1, 0.15) is 17.8 Å². The number of halogens is 2. The lowest BCUT2D eigenvalue weighted by Gasteiger charge is -2.28. The first-order chi connectivity index (χ1) is 25.8. The Morgan fingerprint density at radius 2 is 1.43 bits per heavy atom. The van der Waals surface area contributed by atoms with Gasteiger partial charge in [0.25, 0.3) is 25.2 Å². The van der Waals surface area contributed by atoms with Crippen LogP contribution in [-0.4, -0.2) is 44.0 Å². The number of hydrogen-bond acceptors (Lipinski definition) is 8. The Kier molecular flexibility index (Phi) is 11.4. The molecule has 0 amide bonds. The Morgan fingerprint density at radius 1 is 0.778 bits per heavy atom. The molecular formula is C39H34Cl2N3O6S4+. The minimum absolute atomic E-state index is 0.0446. The highest BCUT2D eigenvalue weighted by Gasteiger charge is 2.29. The van der Waals surface area contributed by atoms with Crippen LogP contribution < -0.4 is 14.4 Å². The van der Waals surface area contributed by atoms with E-state index in [0.717, 1.165) is 59.1 Å². The second kappa shape index (κ2) is 16.0. The van der Waals surface area contributed by atoms with Crippen LogP contribution >= 0.6 is 46.3 Å². The molecule has 4 aromatic carbocycles. The van der Waals surface area contributed by atoms with Crippen molar-refractivity contribution >= 4 is 99.9 Å². The number of aromatic nitrogens is 1. The van der Waals surface area contributed by atoms with Gasteiger partial charge in [-0.2, -0.15) is 21.4 Å². The van der Waals surface area contributed by atoms with Gasteiger partial charge in [-0.15, -0.1) is 0 Å². The molecule has 0 saturated carbocycles. The number of fused-ring (bicyclic) bond motifs is 2. The predicted octanol–water partition coefficient (Wildman–Crippen LogP) is 9.55. The molecule has 54 heavy (non-hydrogen) atoms. The SMILES string of the molecule is O=S(=O)(O)CCN1C(=CC=C2CCC(C=Cc3sc4ccc(Cl)cc4[n+]3CCS(=O)(=O)O)=C2N(c2ccccc2)c2ccccc2)Sc2ccc(Cl)cc21. The average Bonchev–Trinajstić information content (AvgIpc) is 3.80. The van der Waals surface area contributed by atoms with E-state index in [4.69, 9.17) is 23.2 Å². The normalized spacial score (nSPS) is 16.4. The molecular weight excluding hydrogens is 806 g/mol. The van der Waals surface area contributed by atoms with Gasteiger partial charge in [0.1, 0.15) is 10.5 Å². The van der Waals surface area contributed by atoms with E-state index in [0.29, 0.717) is 22.9 Å². The van der Waals surface area contributed by atoms with Gasteiger partial charge in [0.05, 0.1) is 22.2 Å². The van der Waals surface area contributed by atoms with Gasteiger partial charge in [0.15, 0.2) is 6.54 Å². The first-order valence-corrected chi connectivity index (χ1v) is 22.4. The maximum Gasteiger partial charge on any atom is 0.271 e. The summed E-state index contributed by atoms with van der Waals surface area (Å²) in [5.41, 5.74) is 6.52. The number of thioether (sulfide) groups is 1. The number of hydrogen-bond donors (Lipinski definition) is 2. The average molecular weight is 840 g/mol. The molecule has 0 radical (unpaired) electrons. The van der Waals surface area contributed by atoms with Crippen LogP contribution in [0.3, 0.4) is 0 Å². The fourth-order valence-corrected chi connectivity index (χ4v) is 9.80. The van der Waals surface area contributed by atoms with Gasteiger partial charge in [0, 0.05) is 45.0 Å². The van der Waals surface area contributed by atoms with E-state index < -0.39 is 31.7 Å². The molecule has 0 bridgehead atoms. The summed E-state index contributed by atoms with van der Waals surface area (Å²) in [6.07, 6.45) is 9.51. The van der Waals surface area contributed by atoms with E-state index in [1.807, 2.05) is 70.1 Å². The third-order valence-corrected chi connectivity index (χ3v) is 13.0. The smallest absolute Gasteiger partial charge is 0.271 e. The van der Waals surface area contributed by atoms with Gasteiger partial charge in [0.2, 0.25) is 5.52 Å². The van der Waals surface area contributed by atoms with Crippen LogP contribution in [0, 0.1) is 0 Å². The van der Waals surface area contributed by atoms with Crippen molar-refractivity contribution in [3.05, 3.63) is 152 Å². The first kappa shape index (κ1) is 38.4. The predicted molar refractivity (Wildman–Crippen MR) is 221 cm³/mol. The molecule has 0 saturated heterocycles. The van der Waals surface area contributed by atoms with E-state index in [-0.39, 0.29) is 13.1 Å². The zero-order valence-corrected chi connectivity index (χ0v) is 33.3. The zero-order valence-electron chi connectivity index (χ0n) is 28.5. The quantitative estimate of drug-likeness (QED) is 0.0936. The molecule has 1 aromatic heterocycles. The van der Waals surface area contributed by atoms with E-state index in [1.54, 1.807) is 24.3 Å². The highest BCUT2D eigenvalue weighted by Crippen LogP contribution is 2.48. The lowest BCUT2D eigenvalue weighted by atomic mass is 10.1. The van der Waals surface area contributed by atoms with E-state index in [9.17, 15) is 25.9 Å². The number of anilines is 3. The highest BCUT2D eigenvalue weighted by atomic mass is 35.5. The maximum atomic E-state index is 11.8. The number of allylic oxidation sites excluding steroid dienone is 5. The van der Waals surface area contributed by atoms with Crippen molar-refractivity contribution in [1.82, 2.24) is 0 Å². The monoisotopic (exact) mass is 838 g/mol. The molecule has 2 N–H and O–H groups in total. The zero-order chi connectivity index (χ0) is 38.0. The molecule has 15 heteroatoms. The summed E-state index contributed by atoms with van der Waals surface area (Å²) in [7, 11) is -8.44. The van der Waals surface area contributed by atoms with Crippen molar-refractivity contribution in [1.29, 1.82) is 0 Å². The lowest BCUT2D eigenvalue weighted by molar-refractivity contribution is -0.664. The summed E-state index contributed by atoms with van der Waals surface area (Å²) < 4.78 is 69.2. The summed E-state index contributed by atoms with van der Waals surface area (Å²) in [5.74, 6) is -0.894. The third-order valence-electron chi connectivity index (χ3n) is 8.91. The fraction of sp³-hybridized carbons (Fsp3) is 0.154. The second-order valence-corrected chi connectivity index (χ2v) is 18.7. The standard InChI is InChI=1S/C39H33Cl2N3O6S4/c40-29-15-17-35-33(25-29)42(21-23-53(45,46)47)37(51-35)19-13-27-11-12-28(39(27)44(31-7-3-1-4-8-31)32-9-5-2-6-10-32)14-20-38-43(22-24-54(48,49)50)34-26-30(41)16-18-36(34)52-38/h1-10,13-20,25-26H,11-12,21-24H2,(H-,45,46,47,48,49,50)/p+1. The summed E-state index contributed by atoms with van der Waals surface area (Å²) in [4.78, 5) is 5.01. The lowest BCUT2D eigenvalue weighted by Crippen LogP contribution is -2.38. The number of aryl methyl sites for hydroxylation is 1. The molecule has 9 nitrogen and oxygen atoms in total. The summed E-state index contributed by atoms with van der Waals surface area (Å²) >= 11 is 15.7. The van der Waals surface area contributed by atoms with Crippen molar-refractivity contribution < 1.29 is 30.5 Å². The fourth-order valence-electron chi connectivity index (χ4n) is 6.50. The molecule has 2 aliphatic rings. The molecule has 278 valence electrons. The summed E-state index contributed by atoms with van der Waals surface area (Å²) in [6.45, 7) is 0.0893. The molecule has 2 heterocycles. The van der Waals surface area contributed by atoms with Gasteiger partial charge in [-0.05, 0) is 90.7 Å². The number of para-hydroxylation sites is 2. The van der Waals surface area contributed by atoms with Gasteiger partial charge in [-0.25, -0.2) is 0 Å². The minimum Gasteiger partial charge on any atom is -0.334 e. The van der Waals surface area contributed by atoms with E-state index in [2.05, 4.69) is 41.3 Å². The second-order valence-electron chi connectivity index (χ2n) is 12.6. The minimum atomic E-state index is -4.22. The topological polar surface area (TPSA) is 119 Å². The molecule has 0 spiro atoms. The summed E-state index contributed by atoms with van der Waals surface area (Å²) in [6, 6.07) is 31.1. The molecule has 5 aromatic rings. The van der Waals surface area contributed by atoms with Gasteiger partial charge in [-0.1, -0.05) is 88.8 Å². The molecule has 0 atom stereocenters. The molecule has 1 aliphatic heterocycles. The van der Waals surface area contributed by atoms with Crippen LogP contribution in [0.15, 0.2) is 142 Å². The molecule has 7 rings (SSSR count). The Bertz CT molecular complexity index is 2530. The highest BCUT2D eigenvalue weighted by molar-refractivity contribution is 8.03. The van der Waals surface area contributed by atoms with Gasteiger partial charge in [-0.3, -0.25) is 9.11 Å². The third kappa shape index (κ3) is 8.96. The maximum absolute atomic E-state index is 11.8. The number of benzene rings is 4. The summed E-state index contributed by atoms with van der Waals surface area (Å²) in [5, 5.41) is 2.62. The van der Waals surface area contributed by atoms with Crippen LogP contribution in [0.25, 0.3) is 16.3 Å².